The van der Waals surface area contributed by atoms with Crippen LogP contribution in [0.2, 0.25) is 0 Å². The third-order valence-electron chi connectivity index (χ3n) is 14.6. The third kappa shape index (κ3) is 64.5. The van der Waals surface area contributed by atoms with E-state index in [1.54, 1.807) is 0 Å². The second-order valence-corrected chi connectivity index (χ2v) is 23.8. The summed E-state index contributed by atoms with van der Waals surface area (Å²) in [6.07, 6.45) is 84.1. The lowest BCUT2D eigenvalue weighted by molar-refractivity contribution is -0.161. The largest absolute Gasteiger partial charge is 0.472 e. The number of carbonyl (C=O) groups excluding carboxylic acids is 2. The molecule has 10 heteroatoms. The van der Waals surface area contributed by atoms with E-state index in [1.165, 1.54) is 212 Å². The van der Waals surface area contributed by atoms with Crippen LogP contribution in [-0.2, 0) is 32.7 Å². The second-order valence-electron chi connectivity index (χ2n) is 22.3. The van der Waals surface area contributed by atoms with E-state index in [4.69, 9.17) is 24.3 Å². The van der Waals surface area contributed by atoms with Crippen LogP contribution >= 0.6 is 7.82 Å². The number of hydrogen-bond acceptors (Lipinski definition) is 8. The summed E-state index contributed by atoms with van der Waals surface area (Å²) < 4.78 is 33.2. The molecule has 0 aromatic heterocycles. The first-order chi connectivity index (χ1) is 38.8. The molecule has 0 aliphatic rings. The number of rotatable bonds is 63. The van der Waals surface area contributed by atoms with Gasteiger partial charge in [-0.25, -0.2) is 4.57 Å². The average Bonchev–Trinajstić information content (AvgIpc) is 3.44. The smallest absolute Gasteiger partial charge is 0.462 e. The van der Waals surface area contributed by atoms with Gasteiger partial charge in [-0.2, -0.15) is 0 Å². The molecule has 460 valence electrons. The first-order valence-corrected chi connectivity index (χ1v) is 34.9. The number of unbranched alkanes of at least 4 members (excludes halogenated alkanes) is 38. The molecule has 0 saturated carbocycles. The van der Waals surface area contributed by atoms with Crippen molar-refractivity contribution in [1.82, 2.24) is 0 Å². The summed E-state index contributed by atoms with van der Waals surface area (Å²) in [6.45, 7) is 3.68. The summed E-state index contributed by atoms with van der Waals surface area (Å²) in [5, 5.41) is 0. The van der Waals surface area contributed by atoms with Crippen LogP contribution in [0, 0.1) is 0 Å². The van der Waals surface area contributed by atoms with Gasteiger partial charge < -0.3 is 20.1 Å². The minimum Gasteiger partial charge on any atom is -0.462 e. The zero-order valence-electron chi connectivity index (χ0n) is 51.6. The van der Waals surface area contributed by atoms with Crippen LogP contribution in [-0.4, -0.2) is 49.3 Å². The molecule has 79 heavy (non-hydrogen) atoms. The topological polar surface area (TPSA) is 134 Å². The molecule has 0 heterocycles. The minimum atomic E-state index is -4.39. The highest BCUT2D eigenvalue weighted by Crippen LogP contribution is 2.43. The van der Waals surface area contributed by atoms with Crippen molar-refractivity contribution in [2.24, 2.45) is 5.73 Å². The number of phosphoric ester groups is 1. The van der Waals surface area contributed by atoms with E-state index in [0.717, 1.165) is 77.0 Å². The molecular formula is C69H126NO8P. The zero-order chi connectivity index (χ0) is 57.3. The number of allylic oxidation sites excluding steroid dienone is 12. The van der Waals surface area contributed by atoms with Crippen molar-refractivity contribution in [3.8, 4) is 0 Å². The normalized spacial score (nSPS) is 13.4. The van der Waals surface area contributed by atoms with Crippen LogP contribution in [0.25, 0.3) is 0 Å². The lowest BCUT2D eigenvalue weighted by Gasteiger charge is -2.19. The van der Waals surface area contributed by atoms with Gasteiger partial charge in [0.25, 0.3) is 0 Å². The Hall–Kier alpha value is -2.55. The Morgan fingerprint density at radius 1 is 0.392 bits per heavy atom. The summed E-state index contributed by atoms with van der Waals surface area (Å²) in [7, 11) is -4.39. The van der Waals surface area contributed by atoms with Crippen molar-refractivity contribution >= 4 is 19.8 Å². The Morgan fingerprint density at radius 2 is 0.696 bits per heavy atom. The molecule has 0 radical (unpaired) electrons. The maximum absolute atomic E-state index is 12.8. The van der Waals surface area contributed by atoms with Gasteiger partial charge in [0.1, 0.15) is 6.61 Å². The third-order valence-corrected chi connectivity index (χ3v) is 15.6. The highest BCUT2D eigenvalue weighted by atomic mass is 31.2. The molecule has 9 nitrogen and oxygen atoms in total. The fraction of sp³-hybridized carbons (Fsp3) is 0.797. The highest BCUT2D eigenvalue weighted by molar-refractivity contribution is 7.47. The van der Waals surface area contributed by atoms with Gasteiger partial charge in [-0.15, -0.1) is 0 Å². The van der Waals surface area contributed by atoms with Crippen LogP contribution in [0.15, 0.2) is 72.9 Å². The highest BCUT2D eigenvalue weighted by Gasteiger charge is 2.26. The summed E-state index contributed by atoms with van der Waals surface area (Å²) >= 11 is 0. The molecule has 0 aromatic rings. The first-order valence-electron chi connectivity index (χ1n) is 33.4. The van der Waals surface area contributed by atoms with Crippen molar-refractivity contribution in [2.75, 3.05) is 26.4 Å². The molecule has 0 aliphatic carbocycles. The number of hydrogen-bond donors (Lipinski definition) is 2. The summed E-state index contributed by atoms with van der Waals surface area (Å²) in [4.78, 5) is 35.3. The van der Waals surface area contributed by atoms with Crippen molar-refractivity contribution < 1.29 is 37.6 Å². The molecule has 2 atom stereocenters. The molecule has 0 aromatic carbocycles. The van der Waals surface area contributed by atoms with E-state index in [0.29, 0.717) is 6.42 Å². The molecule has 0 saturated heterocycles. The molecular weight excluding hydrogens is 1000 g/mol. The summed E-state index contributed by atoms with van der Waals surface area (Å²) in [5.41, 5.74) is 5.40. The monoisotopic (exact) mass is 1130 g/mol. The van der Waals surface area contributed by atoms with Crippen LogP contribution in [0.3, 0.4) is 0 Å². The predicted octanol–water partition coefficient (Wildman–Crippen LogP) is 21.6. The zero-order valence-corrected chi connectivity index (χ0v) is 52.5. The molecule has 0 aliphatic heterocycles. The Bertz CT molecular complexity index is 1520. The van der Waals surface area contributed by atoms with E-state index < -0.39 is 26.5 Å². The number of phosphoric acid groups is 1. The molecule has 0 bridgehead atoms. The molecule has 0 amide bonds. The number of esters is 2. The molecule has 0 spiro atoms. The van der Waals surface area contributed by atoms with Crippen LogP contribution < -0.4 is 5.73 Å². The van der Waals surface area contributed by atoms with Gasteiger partial charge in [-0.1, -0.05) is 318 Å². The van der Waals surface area contributed by atoms with Crippen molar-refractivity contribution in [1.29, 1.82) is 0 Å². The SMILES string of the molecule is CC/C=C\C/C=C\C/C=C\C/C=C\C/C=C\C/C=C\CCCCCCCCCCCCCCCCC(=O)OC(COC(=O)CCCCCCCCCCCCCCCCCCCCCCCCCCC)COP(=O)(O)OCCN. The predicted molar refractivity (Wildman–Crippen MR) is 339 cm³/mol. The lowest BCUT2D eigenvalue weighted by Crippen LogP contribution is -2.29. The number of carbonyl (C=O) groups is 2. The van der Waals surface area contributed by atoms with Crippen LogP contribution in [0.1, 0.15) is 322 Å². The van der Waals surface area contributed by atoms with E-state index in [1.807, 2.05) is 0 Å². The molecule has 0 fully saturated rings. The van der Waals surface area contributed by atoms with E-state index in [-0.39, 0.29) is 38.6 Å². The Balaban J connectivity index is 3.88. The molecule has 2 unspecified atom stereocenters. The van der Waals surface area contributed by atoms with E-state index >= 15 is 0 Å². The van der Waals surface area contributed by atoms with Gasteiger partial charge in [-0.3, -0.25) is 18.6 Å². The maximum atomic E-state index is 12.8. The van der Waals surface area contributed by atoms with Gasteiger partial charge in [-0.05, 0) is 64.2 Å². The van der Waals surface area contributed by atoms with Gasteiger partial charge >= 0.3 is 19.8 Å². The van der Waals surface area contributed by atoms with E-state index in [9.17, 15) is 19.0 Å². The lowest BCUT2D eigenvalue weighted by atomic mass is 10.0. The fourth-order valence-corrected chi connectivity index (χ4v) is 10.5. The second kappa shape index (κ2) is 64.6. The van der Waals surface area contributed by atoms with Gasteiger partial charge in [0.05, 0.1) is 13.2 Å². The number of ether oxygens (including phenoxy) is 2. The van der Waals surface area contributed by atoms with Crippen molar-refractivity contribution in [2.45, 2.75) is 328 Å². The van der Waals surface area contributed by atoms with Gasteiger partial charge in [0, 0.05) is 19.4 Å². The maximum Gasteiger partial charge on any atom is 0.472 e. The van der Waals surface area contributed by atoms with Crippen molar-refractivity contribution in [3.63, 3.8) is 0 Å². The Labute approximate surface area is 488 Å². The van der Waals surface area contributed by atoms with Gasteiger partial charge in [0.2, 0.25) is 0 Å². The summed E-state index contributed by atoms with van der Waals surface area (Å²) in [5.74, 6) is -0.814. The summed E-state index contributed by atoms with van der Waals surface area (Å²) in [6, 6.07) is 0. The number of nitrogens with two attached hydrogens (primary N) is 1. The van der Waals surface area contributed by atoms with Crippen molar-refractivity contribution in [3.05, 3.63) is 72.9 Å². The Morgan fingerprint density at radius 3 is 1.04 bits per heavy atom. The Kier molecular flexibility index (Phi) is 62.5. The molecule has 3 N–H and O–H groups in total. The average molecular weight is 1130 g/mol. The minimum absolute atomic E-state index is 0.0533. The van der Waals surface area contributed by atoms with E-state index in [2.05, 4.69) is 86.8 Å². The molecule has 0 rings (SSSR count). The van der Waals surface area contributed by atoms with Crippen LogP contribution in [0.5, 0.6) is 0 Å². The van der Waals surface area contributed by atoms with Crippen LogP contribution in [0.4, 0.5) is 0 Å². The fourth-order valence-electron chi connectivity index (χ4n) is 9.70. The standard InChI is InChI=1S/C69H126NO8P/c1-3-5-7-9-11-13-15-17-19-21-23-25-27-29-30-31-32-33-34-35-36-38-40-42-44-46-48-50-52-54-56-58-60-62-69(72)78-67(66-77-79(73,74)76-64-63-70)65-75-68(71)61-59-57-55-53-51-49-47-45-43-41-39-37-28-26-24-22-20-18-16-14-12-10-8-6-4-2/h5,7,11,13,17,19,23,25,29-30,32-33,67H,3-4,6,8-10,12,14-16,18,20-22,24,26-28,31,34-66,70H2,1-2H3,(H,73,74)/b7-5-,13-11-,19-17-,25-23-,30-29-,33-32-. The quantitative estimate of drug-likeness (QED) is 0.0264. The van der Waals surface area contributed by atoms with Gasteiger partial charge in [0.15, 0.2) is 6.10 Å². The first kappa shape index (κ1) is 76.5.